The monoisotopic (exact) mass is 220 g/mol. The van der Waals surface area contributed by atoms with E-state index in [1.807, 2.05) is 4.90 Å². The minimum Gasteiger partial charge on any atom is -0.339 e. The first-order valence-electron chi connectivity index (χ1n) is 6.42. The van der Waals surface area contributed by atoms with Gasteiger partial charge in [0, 0.05) is 12.6 Å². The van der Waals surface area contributed by atoms with Crippen molar-refractivity contribution in [3.63, 3.8) is 0 Å². The second-order valence-corrected chi connectivity index (χ2v) is 5.24. The van der Waals surface area contributed by atoms with E-state index in [0.717, 1.165) is 45.1 Å². The lowest BCUT2D eigenvalue weighted by atomic mass is 9.85. The Kier molecular flexibility index (Phi) is 3.18. The van der Waals surface area contributed by atoms with E-state index in [1.54, 1.807) is 0 Å². The van der Waals surface area contributed by atoms with Gasteiger partial charge in [-0.3, -0.25) is 4.79 Å². The van der Waals surface area contributed by atoms with Gasteiger partial charge < -0.3 is 4.90 Å². The predicted octanol–water partition coefficient (Wildman–Crippen LogP) is 2.47. The molecule has 1 heterocycles. The third-order valence-electron chi connectivity index (χ3n) is 4.14. The standard InChI is InChI=1S/C13H20N2O/c1-11-6-2-5-9-15(11)12(16)13(10-14)7-3-4-8-13/h11H,2-9H2,1H3. The summed E-state index contributed by atoms with van der Waals surface area (Å²) in [6.45, 7) is 2.96. The average Bonchev–Trinajstić information content (AvgIpc) is 2.78. The molecule has 1 atom stereocenters. The summed E-state index contributed by atoms with van der Waals surface area (Å²) in [5.41, 5.74) is -0.675. The van der Waals surface area contributed by atoms with Crippen molar-refractivity contribution in [3.8, 4) is 6.07 Å². The number of carbonyl (C=O) groups is 1. The van der Waals surface area contributed by atoms with Crippen LogP contribution in [0.25, 0.3) is 0 Å². The SMILES string of the molecule is CC1CCCCN1C(=O)C1(C#N)CCCC1. The molecular weight excluding hydrogens is 200 g/mol. The van der Waals surface area contributed by atoms with Gasteiger partial charge in [0.1, 0.15) is 5.41 Å². The highest BCUT2D eigenvalue weighted by atomic mass is 16.2. The molecule has 0 aromatic heterocycles. The highest BCUT2D eigenvalue weighted by Gasteiger charge is 2.45. The summed E-state index contributed by atoms with van der Waals surface area (Å²) in [5, 5.41) is 9.31. The first-order chi connectivity index (χ1) is 7.69. The molecule has 1 saturated carbocycles. The molecule has 88 valence electrons. The molecule has 0 spiro atoms. The molecule has 1 amide bonds. The first kappa shape index (κ1) is 11.4. The van der Waals surface area contributed by atoms with Crippen LogP contribution in [-0.4, -0.2) is 23.4 Å². The highest BCUT2D eigenvalue weighted by molar-refractivity contribution is 5.86. The summed E-state index contributed by atoms with van der Waals surface area (Å²) >= 11 is 0. The summed E-state index contributed by atoms with van der Waals surface area (Å²) in [6, 6.07) is 2.63. The number of amides is 1. The van der Waals surface area contributed by atoms with Crippen molar-refractivity contribution in [2.45, 2.75) is 57.9 Å². The maximum absolute atomic E-state index is 12.5. The van der Waals surface area contributed by atoms with E-state index in [2.05, 4.69) is 13.0 Å². The van der Waals surface area contributed by atoms with E-state index in [0.29, 0.717) is 6.04 Å². The number of piperidine rings is 1. The zero-order valence-corrected chi connectivity index (χ0v) is 10.0. The molecule has 3 heteroatoms. The van der Waals surface area contributed by atoms with Gasteiger partial charge in [-0.15, -0.1) is 0 Å². The minimum absolute atomic E-state index is 0.111. The van der Waals surface area contributed by atoms with E-state index in [9.17, 15) is 10.1 Å². The van der Waals surface area contributed by atoms with Gasteiger partial charge in [0.15, 0.2) is 0 Å². The van der Waals surface area contributed by atoms with Gasteiger partial charge in [-0.2, -0.15) is 5.26 Å². The van der Waals surface area contributed by atoms with Gasteiger partial charge in [-0.05, 0) is 39.0 Å². The molecule has 2 rings (SSSR count). The molecular formula is C13H20N2O. The third kappa shape index (κ3) is 1.81. The van der Waals surface area contributed by atoms with Crippen LogP contribution in [0.3, 0.4) is 0 Å². The fraction of sp³-hybridized carbons (Fsp3) is 0.846. The van der Waals surface area contributed by atoms with Gasteiger partial charge in [-0.1, -0.05) is 12.8 Å². The second kappa shape index (κ2) is 4.45. The lowest BCUT2D eigenvalue weighted by Gasteiger charge is -2.37. The number of rotatable bonds is 1. The smallest absolute Gasteiger partial charge is 0.243 e. The Morgan fingerprint density at radius 1 is 1.31 bits per heavy atom. The van der Waals surface area contributed by atoms with Gasteiger partial charge in [0.05, 0.1) is 6.07 Å². The van der Waals surface area contributed by atoms with Crippen molar-refractivity contribution < 1.29 is 4.79 Å². The molecule has 0 aromatic carbocycles. The highest BCUT2D eigenvalue weighted by Crippen LogP contribution is 2.40. The fourth-order valence-corrected chi connectivity index (χ4v) is 3.03. The molecule has 0 bridgehead atoms. The second-order valence-electron chi connectivity index (χ2n) is 5.24. The Labute approximate surface area is 97.4 Å². The van der Waals surface area contributed by atoms with Crippen molar-refractivity contribution in [3.05, 3.63) is 0 Å². The molecule has 1 saturated heterocycles. The minimum atomic E-state index is -0.675. The number of hydrogen-bond donors (Lipinski definition) is 0. The van der Waals surface area contributed by atoms with E-state index in [-0.39, 0.29) is 5.91 Å². The van der Waals surface area contributed by atoms with Crippen LogP contribution in [0, 0.1) is 16.7 Å². The Balaban J connectivity index is 2.14. The van der Waals surface area contributed by atoms with Crippen molar-refractivity contribution >= 4 is 5.91 Å². The average molecular weight is 220 g/mol. The molecule has 2 aliphatic rings. The number of nitrogens with zero attached hydrogens (tertiary/aromatic N) is 2. The third-order valence-corrected chi connectivity index (χ3v) is 4.14. The lowest BCUT2D eigenvalue weighted by Crippen LogP contribution is -2.48. The van der Waals surface area contributed by atoms with Crippen molar-refractivity contribution in [1.29, 1.82) is 5.26 Å². The van der Waals surface area contributed by atoms with E-state index in [1.165, 1.54) is 6.42 Å². The van der Waals surface area contributed by atoms with Crippen LogP contribution in [0.4, 0.5) is 0 Å². The molecule has 1 aliphatic heterocycles. The maximum atomic E-state index is 12.5. The normalized spacial score (nSPS) is 28.8. The van der Waals surface area contributed by atoms with Gasteiger partial charge in [0.25, 0.3) is 0 Å². The van der Waals surface area contributed by atoms with E-state index >= 15 is 0 Å². The van der Waals surface area contributed by atoms with Gasteiger partial charge >= 0.3 is 0 Å². The molecule has 16 heavy (non-hydrogen) atoms. The number of carbonyl (C=O) groups excluding carboxylic acids is 1. The topological polar surface area (TPSA) is 44.1 Å². The maximum Gasteiger partial charge on any atom is 0.243 e. The molecule has 1 unspecified atom stereocenters. The lowest BCUT2D eigenvalue weighted by molar-refractivity contribution is -0.142. The summed E-state index contributed by atoms with van der Waals surface area (Å²) in [6.07, 6.45) is 7.00. The summed E-state index contributed by atoms with van der Waals surface area (Å²) in [5.74, 6) is 0.111. The predicted molar refractivity (Wildman–Crippen MR) is 61.5 cm³/mol. The molecule has 0 N–H and O–H groups in total. The largest absolute Gasteiger partial charge is 0.339 e. The van der Waals surface area contributed by atoms with Crippen LogP contribution in [0.1, 0.15) is 51.9 Å². The summed E-state index contributed by atoms with van der Waals surface area (Å²) < 4.78 is 0. The number of hydrogen-bond acceptors (Lipinski definition) is 2. The Hall–Kier alpha value is -1.04. The zero-order valence-electron chi connectivity index (χ0n) is 10.0. The van der Waals surface area contributed by atoms with Crippen molar-refractivity contribution in [1.82, 2.24) is 4.90 Å². The fourth-order valence-electron chi connectivity index (χ4n) is 3.03. The van der Waals surface area contributed by atoms with Crippen LogP contribution < -0.4 is 0 Å². The van der Waals surface area contributed by atoms with Crippen LogP contribution in [0.5, 0.6) is 0 Å². The van der Waals surface area contributed by atoms with E-state index < -0.39 is 5.41 Å². The van der Waals surface area contributed by atoms with Crippen LogP contribution in [0.15, 0.2) is 0 Å². The Bertz CT molecular complexity index is 312. The molecule has 0 aromatic rings. The Morgan fingerprint density at radius 2 is 2.00 bits per heavy atom. The van der Waals surface area contributed by atoms with Crippen molar-refractivity contribution in [2.24, 2.45) is 5.41 Å². The zero-order chi connectivity index (χ0) is 11.6. The van der Waals surface area contributed by atoms with Crippen LogP contribution in [0.2, 0.25) is 0 Å². The van der Waals surface area contributed by atoms with Crippen LogP contribution in [-0.2, 0) is 4.79 Å². The van der Waals surface area contributed by atoms with Crippen LogP contribution >= 0.6 is 0 Å². The van der Waals surface area contributed by atoms with Crippen molar-refractivity contribution in [2.75, 3.05) is 6.54 Å². The van der Waals surface area contributed by atoms with Gasteiger partial charge in [0.2, 0.25) is 5.91 Å². The summed E-state index contributed by atoms with van der Waals surface area (Å²) in [4.78, 5) is 14.4. The number of likely N-dealkylation sites (tertiary alicyclic amines) is 1. The van der Waals surface area contributed by atoms with Gasteiger partial charge in [-0.25, -0.2) is 0 Å². The molecule has 0 radical (unpaired) electrons. The molecule has 1 aliphatic carbocycles. The quantitative estimate of drug-likeness (QED) is 0.681. The van der Waals surface area contributed by atoms with E-state index in [4.69, 9.17) is 0 Å². The summed E-state index contributed by atoms with van der Waals surface area (Å²) in [7, 11) is 0. The Morgan fingerprint density at radius 3 is 2.56 bits per heavy atom. The molecule has 3 nitrogen and oxygen atoms in total. The number of nitriles is 1. The first-order valence-corrected chi connectivity index (χ1v) is 6.42. The molecule has 2 fully saturated rings.